The molecule has 2 unspecified atom stereocenters. The first-order chi connectivity index (χ1) is 7.27. The first kappa shape index (κ1) is 12.3. The third kappa shape index (κ3) is 4.06. The monoisotopic (exact) mass is 210 g/mol. The lowest BCUT2D eigenvalue weighted by Crippen LogP contribution is -2.06. The summed E-state index contributed by atoms with van der Waals surface area (Å²) in [6.45, 7) is 5.87. The number of carbonyl (C=O) groups is 1. The molecule has 0 spiro atoms. The van der Waals surface area contributed by atoms with Crippen molar-refractivity contribution in [2.45, 2.75) is 58.0 Å². The van der Waals surface area contributed by atoms with Crippen LogP contribution in [0.25, 0.3) is 0 Å². The van der Waals surface area contributed by atoms with Gasteiger partial charge in [0.25, 0.3) is 0 Å². The number of unbranched alkanes of at least 4 members (excludes halogenated alkanes) is 3. The zero-order valence-corrected chi connectivity index (χ0v) is 9.71. The van der Waals surface area contributed by atoms with Crippen molar-refractivity contribution in [3.63, 3.8) is 0 Å². The fourth-order valence-electron chi connectivity index (χ4n) is 2.09. The van der Waals surface area contributed by atoms with Crippen LogP contribution >= 0.6 is 0 Å². The lowest BCUT2D eigenvalue weighted by Gasteiger charge is -2.07. The molecule has 0 radical (unpaired) electrons. The molecule has 15 heavy (non-hydrogen) atoms. The Labute approximate surface area is 92.7 Å². The van der Waals surface area contributed by atoms with Crippen molar-refractivity contribution in [2.24, 2.45) is 5.92 Å². The van der Waals surface area contributed by atoms with Gasteiger partial charge in [-0.3, -0.25) is 4.79 Å². The number of esters is 1. The average Bonchev–Trinajstić information content (AvgIpc) is 2.55. The summed E-state index contributed by atoms with van der Waals surface area (Å²) in [5, 5.41) is 0. The largest absolute Gasteiger partial charge is 0.462 e. The van der Waals surface area contributed by atoms with E-state index in [9.17, 15) is 4.79 Å². The van der Waals surface area contributed by atoms with Crippen LogP contribution < -0.4 is 0 Å². The van der Waals surface area contributed by atoms with E-state index in [0.717, 1.165) is 19.3 Å². The Bertz CT molecular complexity index is 211. The smallest absolute Gasteiger partial charge is 0.309 e. The third-order valence-corrected chi connectivity index (χ3v) is 2.99. The van der Waals surface area contributed by atoms with Crippen LogP contribution in [-0.2, 0) is 9.53 Å². The quantitative estimate of drug-likeness (QED) is 0.365. The van der Waals surface area contributed by atoms with Gasteiger partial charge in [0.2, 0.25) is 0 Å². The summed E-state index contributed by atoms with van der Waals surface area (Å²) in [4.78, 5) is 11.4. The molecule has 2 nitrogen and oxygen atoms in total. The van der Waals surface area contributed by atoms with E-state index in [-0.39, 0.29) is 18.0 Å². The third-order valence-electron chi connectivity index (χ3n) is 2.99. The van der Waals surface area contributed by atoms with E-state index in [1.807, 2.05) is 6.08 Å². The molecule has 0 bridgehead atoms. The van der Waals surface area contributed by atoms with E-state index in [4.69, 9.17) is 4.74 Å². The van der Waals surface area contributed by atoms with Crippen molar-refractivity contribution in [3.05, 3.63) is 12.7 Å². The maximum absolute atomic E-state index is 11.4. The van der Waals surface area contributed by atoms with Crippen LogP contribution in [0, 0.1) is 5.92 Å². The molecule has 1 rings (SSSR count). The summed E-state index contributed by atoms with van der Waals surface area (Å²) >= 11 is 0. The number of cyclic esters (lactones) is 1. The molecule has 1 aliphatic heterocycles. The highest BCUT2D eigenvalue weighted by atomic mass is 16.5. The van der Waals surface area contributed by atoms with Crippen LogP contribution in [0.2, 0.25) is 0 Å². The van der Waals surface area contributed by atoms with E-state index >= 15 is 0 Å². The van der Waals surface area contributed by atoms with Crippen LogP contribution in [0.4, 0.5) is 0 Å². The van der Waals surface area contributed by atoms with Gasteiger partial charge in [0.05, 0.1) is 5.92 Å². The zero-order chi connectivity index (χ0) is 11.1. The summed E-state index contributed by atoms with van der Waals surface area (Å²) in [5.41, 5.74) is 0. The van der Waals surface area contributed by atoms with Crippen molar-refractivity contribution in [1.29, 1.82) is 0 Å². The number of allylic oxidation sites excluding steroid dienone is 1. The van der Waals surface area contributed by atoms with Gasteiger partial charge in [0.15, 0.2) is 0 Å². The molecule has 0 saturated carbocycles. The Balaban J connectivity index is 2.17. The summed E-state index contributed by atoms with van der Waals surface area (Å²) < 4.78 is 5.32. The van der Waals surface area contributed by atoms with Crippen molar-refractivity contribution >= 4 is 5.97 Å². The predicted molar refractivity (Wildman–Crippen MR) is 61.6 cm³/mol. The van der Waals surface area contributed by atoms with E-state index < -0.39 is 0 Å². The first-order valence-corrected chi connectivity index (χ1v) is 6.09. The van der Waals surface area contributed by atoms with Gasteiger partial charge in [-0.25, -0.2) is 0 Å². The highest BCUT2D eigenvalue weighted by Gasteiger charge is 2.32. The van der Waals surface area contributed by atoms with Gasteiger partial charge in [0.1, 0.15) is 6.10 Å². The molecule has 0 aromatic heterocycles. The standard InChI is InChI=1S/C13H22O2/c1-3-5-6-7-9-12-10-11(8-4-2)13(14)15-12/h4,11-12H,2-3,5-10H2,1H3. The Morgan fingerprint density at radius 2 is 2.27 bits per heavy atom. The van der Waals surface area contributed by atoms with E-state index in [1.165, 1.54) is 25.7 Å². The molecule has 0 N–H and O–H groups in total. The van der Waals surface area contributed by atoms with Crippen LogP contribution in [0.5, 0.6) is 0 Å². The normalized spacial score (nSPS) is 25.3. The van der Waals surface area contributed by atoms with Gasteiger partial charge in [-0.05, 0) is 25.7 Å². The predicted octanol–water partition coefficient (Wildman–Crippen LogP) is 3.46. The van der Waals surface area contributed by atoms with E-state index in [1.54, 1.807) is 0 Å². The number of hydrogen-bond donors (Lipinski definition) is 0. The summed E-state index contributed by atoms with van der Waals surface area (Å²) in [6, 6.07) is 0. The molecule has 0 aromatic rings. The number of ether oxygens (including phenoxy) is 1. The highest BCUT2D eigenvalue weighted by Crippen LogP contribution is 2.27. The number of hydrogen-bond acceptors (Lipinski definition) is 2. The lowest BCUT2D eigenvalue weighted by molar-refractivity contribution is -0.144. The topological polar surface area (TPSA) is 26.3 Å². The number of rotatable bonds is 7. The minimum atomic E-state index is -0.0182. The minimum Gasteiger partial charge on any atom is -0.462 e. The Morgan fingerprint density at radius 1 is 1.47 bits per heavy atom. The molecule has 2 atom stereocenters. The van der Waals surface area contributed by atoms with Gasteiger partial charge in [-0.2, -0.15) is 0 Å². The SMILES string of the molecule is C=CCC1CC(CCCCCC)OC1=O. The number of carbonyl (C=O) groups excluding carboxylic acids is 1. The molecule has 0 amide bonds. The lowest BCUT2D eigenvalue weighted by atomic mass is 9.98. The molecule has 1 saturated heterocycles. The fourth-order valence-corrected chi connectivity index (χ4v) is 2.09. The molecule has 0 aromatic carbocycles. The maximum atomic E-state index is 11.4. The van der Waals surface area contributed by atoms with Crippen LogP contribution in [0.3, 0.4) is 0 Å². The molecule has 86 valence electrons. The van der Waals surface area contributed by atoms with Gasteiger partial charge in [-0.1, -0.05) is 32.3 Å². The van der Waals surface area contributed by atoms with E-state index in [2.05, 4.69) is 13.5 Å². The fraction of sp³-hybridized carbons (Fsp3) is 0.769. The summed E-state index contributed by atoms with van der Waals surface area (Å²) in [7, 11) is 0. The molecule has 1 fully saturated rings. The molecular weight excluding hydrogens is 188 g/mol. The van der Waals surface area contributed by atoms with Crippen molar-refractivity contribution in [1.82, 2.24) is 0 Å². The second kappa shape index (κ2) is 6.65. The van der Waals surface area contributed by atoms with Gasteiger partial charge < -0.3 is 4.74 Å². The van der Waals surface area contributed by atoms with Gasteiger partial charge in [0, 0.05) is 0 Å². The Kier molecular flexibility index (Phi) is 5.44. The van der Waals surface area contributed by atoms with Crippen molar-refractivity contribution in [2.75, 3.05) is 0 Å². The molecule has 2 heteroatoms. The summed E-state index contributed by atoms with van der Waals surface area (Å²) in [6.07, 6.45) is 9.69. The molecule has 1 heterocycles. The van der Waals surface area contributed by atoms with E-state index in [0.29, 0.717) is 0 Å². The summed E-state index contributed by atoms with van der Waals surface area (Å²) in [5.74, 6) is 0.0640. The van der Waals surface area contributed by atoms with Crippen LogP contribution in [0.1, 0.15) is 51.9 Å². The molecule has 1 aliphatic rings. The average molecular weight is 210 g/mol. The highest BCUT2D eigenvalue weighted by molar-refractivity contribution is 5.74. The first-order valence-electron chi connectivity index (χ1n) is 6.09. The maximum Gasteiger partial charge on any atom is 0.309 e. The van der Waals surface area contributed by atoms with Gasteiger partial charge >= 0.3 is 5.97 Å². The Hall–Kier alpha value is -0.790. The van der Waals surface area contributed by atoms with Crippen LogP contribution in [0.15, 0.2) is 12.7 Å². The second-order valence-corrected chi connectivity index (χ2v) is 4.37. The zero-order valence-electron chi connectivity index (χ0n) is 9.71. The van der Waals surface area contributed by atoms with Crippen molar-refractivity contribution in [3.8, 4) is 0 Å². The molecule has 0 aliphatic carbocycles. The Morgan fingerprint density at radius 3 is 2.93 bits per heavy atom. The molecular formula is C13H22O2. The van der Waals surface area contributed by atoms with Gasteiger partial charge in [-0.15, -0.1) is 6.58 Å². The minimum absolute atomic E-state index is 0.0182. The van der Waals surface area contributed by atoms with Crippen LogP contribution in [-0.4, -0.2) is 12.1 Å². The second-order valence-electron chi connectivity index (χ2n) is 4.37. The van der Waals surface area contributed by atoms with Crippen molar-refractivity contribution < 1.29 is 9.53 Å².